The fraction of sp³-hybridized carbons (Fsp3) is 0.375. The van der Waals surface area contributed by atoms with Gasteiger partial charge < -0.3 is 9.84 Å². The van der Waals surface area contributed by atoms with E-state index in [9.17, 15) is 9.90 Å². The monoisotopic (exact) mass is 407 g/mol. The predicted molar refractivity (Wildman–Crippen MR) is 118 cm³/mol. The molecule has 3 rings (SSSR count). The van der Waals surface area contributed by atoms with Gasteiger partial charge in [0, 0.05) is 17.2 Å². The molecule has 6 nitrogen and oxygen atoms in total. The van der Waals surface area contributed by atoms with Crippen LogP contribution in [-0.4, -0.2) is 26.1 Å². The Morgan fingerprint density at radius 2 is 1.87 bits per heavy atom. The molecular formula is C24H29N3O3. The lowest BCUT2D eigenvalue weighted by molar-refractivity contribution is -0.130. The second-order valence-corrected chi connectivity index (χ2v) is 8.67. The summed E-state index contributed by atoms with van der Waals surface area (Å²) >= 11 is 0. The van der Waals surface area contributed by atoms with Crippen LogP contribution in [0.25, 0.3) is 16.7 Å². The van der Waals surface area contributed by atoms with Crippen LogP contribution in [0.2, 0.25) is 0 Å². The summed E-state index contributed by atoms with van der Waals surface area (Å²) in [6, 6.07) is 9.27. The average Bonchev–Trinajstić information content (AvgIpc) is 3.09. The van der Waals surface area contributed by atoms with E-state index in [1.807, 2.05) is 32.9 Å². The number of esters is 1. The number of rotatable bonds is 6. The third-order valence-electron chi connectivity index (χ3n) is 4.91. The largest absolute Gasteiger partial charge is 0.505 e. The highest BCUT2D eigenvalue weighted by Crippen LogP contribution is 2.38. The van der Waals surface area contributed by atoms with Crippen LogP contribution >= 0.6 is 0 Å². The van der Waals surface area contributed by atoms with Gasteiger partial charge in [-0.1, -0.05) is 46.8 Å². The van der Waals surface area contributed by atoms with Gasteiger partial charge >= 0.3 is 5.97 Å². The van der Waals surface area contributed by atoms with Crippen LogP contribution in [-0.2, 0) is 16.6 Å². The Bertz CT molecular complexity index is 1110. The Hall–Kier alpha value is -3.15. The predicted octanol–water partition coefficient (Wildman–Crippen LogP) is 5.25. The molecule has 0 atom stereocenters. The van der Waals surface area contributed by atoms with Crippen molar-refractivity contribution in [3.05, 3.63) is 53.6 Å². The van der Waals surface area contributed by atoms with E-state index >= 15 is 0 Å². The van der Waals surface area contributed by atoms with Crippen molar-refractivity contribution in [1.82, 2.24) is 15.0 Å². The van der Waals surface area contributed by atoms with Crippen molar-refractivity contribution in [3.8, 4) is 17.2 Å². The number of aromatic nitrogens is 3. The second kappa shape index (κ2) is 8.30. The fourth-order valence-corrected chi connectivity index (χ4v) is 3.17. The van der Waals surface area contributed by atoms with Crippen molar-refractivity contribution < 1.29 is 14.6 Å². The van der Waals surface area contributed by atoms with Crippen LogP contribution in [0.1, 0.15) is 58.6 Å². The smallest absolute Gasteiger partial charge is 0.338 e. The summed E-state index contributed by atoms with van der Waals surface area (Å²) in [5.74, 6) is -0.152. The maximum Gasteiger partial charge on any atom is 0.338 e. The molecule has 1 N–H and O–H groups in total. The minimum atomic E-state index is -0.523. The zero-order valence-corrected chi connectivity index (χ0v) is 18.3. The molecule has 2 aromatic carbocycles. The van der Waals surface area contributed by atoms with Crippen LogP contribution in [0.4, 0.5) is 0 Å². The summed E-state index contributed by atoms with van der Waals surface area (Å²) in [7, 11) is 0. The number of nitrogens with zero attached hydrogens (tertiary/aromatic N) is 3. The molecule has 158 valence electrons. The number of phenols is 1. The molecular weight excluding hydrogens is 378 g/mol. The van der Waals surface area contributed by atoms with E-state index in [2.05, 4.69) is 29.8 Å². The van der Waals surface area contributed by atoms with E-state index in [4.69, 9.17) is 4.74 Å². The Kier molecular flexibility index (Phi) is 5.97. The van der Waals surface area contributed by atoms with Gasteiger partial charge in [-0.05, 0) is 48.9 Å². The third kappa shape index (κ3) is 4.53. The van der Waals surface area contributed by atoms with Gasteiger partial charge in [-0.25, -0.2) is 4.79 Å². The van der Waals surface area contributed by atoms with Crippen molar-refractivity contribution >= 4 is 17.0 Å². The molecule has 0 aliphatic heterocycles. The Labute approximate surface area is 177 Å². The number of carbonyl (C=O) groups is 1. The van der Waals surface area contributed by atoms with Gasteiger partial charge in [-0.15, -0.1) is 15.0 Å². The molecule has 0 saturated carbocycles. The Balaban J connectivity index is 2.11. The molecule has 0 fully saturated rings. The zero-order chi connectivity index (χ0) is 22.1. The number of carbonyl (C=O) groups excluding carboxylic acids is 1. The van der Waals surface area contributed by atoms with Crippen molar-refractivity contribution in [1.29, 1.82) is 0 Å². The summed E-state index contributed by atoms with van der Waals surface area (Å²) in [5.41, 5.74) is 3.60. The first-order valence-electron chi connectivity index (χ1n) is 10.2. The Morgan fingerprint density at radius 1 is 1.17 bits per heavy atom. The van der Waals surface area contributed by atoms with Crippen LogP contribution in [0.3, 0.4) is 0 Å². The first kappa shape index (κ1) is 21.6. The summed E-state index contributed by atoms with van der Waals surface area (Å²) in [5, 5.41) is 20.1. The lowest BCUT2D eigenvalue weighted by Gasteiger charge is -2.22. The SMILES string of the molecule is C=C(C)C(=O)Oc1cc(-n2nc3ccc(CCCC)cc3n2)c(O)c(C(C)(C)C)c1. The van der Waals surface area contributed by atoms with E-state index in [1.165, 1.54) is 10.4 Å². The quantitative estimate of drug-likeness (QED) is 0.343. The maximum absolute atomic E-state index is 12.0. The molecule has 0 unspecified atom stereocenters. The molecule has 0 radical (unpaired) electrons. The molecule has 0 spiro atoms. The first-order valence-corrected chi connectivity index (χ1v) is 10.2. The fourth-order valence-electron chi connectivity index (χ4n) is 3.17. The van der Waals surface area contributed by atoms with Gasteiger partial charge in [0.15, 0.2) is 0 Å². The minimum absolute atomic E-state index is 0.0594. The summed E-state index contributed by atoms with van der Waals surface area (Å²) in [6.07, 6.45) is 3.24. The number of hydrogen-bond donors (Lipinski definition) is 1. The molecule has 3 aromatic rings. The lowest BCUT2D eigenvalue weighted by atomic mass is 9.86. The van der Waals surface area contributed by atoms with E-state index in [1.54, 1.807) is 19.1 Å². The number of hydrogen-bond acceptors (Lipinski definition) is 5. The van der Waals surface area contributed by atoms with E-state index in [-0.39, 0.29) is 11.2 Å². The van der Waals surface area contributed by atoms with Gasteiger partial charge in [0.2, 0.25) is 0 Å². The van der Waals surface area contributed by atoms with Crippen molar-refractivity contribution in [3.63, 3.8) is 0 Å². The maximum atomic E-state index is 12.0. The van der Waals surface area contributed by atoms with Gasteiger partial charge in [-0.3, -0.25) is 0 Å². The normalized spacial score (nSPS) is 11.6. The zero-order valence-electron chi connectivity index (χ0n) is 18.3. The molecule has 0 saturated heterocycles. The number of aryl methyl sites for hydroxylation is 1. The minimum Gasteiger partial charge on any atom is -0.505 e. The van der Waals surface area contributed by atoms with Crippen LogP contribution in [0.5, 0.6) is 11.5 Å². The van der Waals surface area contributed by atoms with Gasteiger partial charge in [0.25, 0.3) is 0 Å². The number of fused-ring (bicyclic) bond motifs is 1. The number of phenolic OH excluding ortho intramolecular Hbond substituents is 1. The van der Waals surface area contributed by atoms with Crippen molar-refractivity contribution in [2.75, 3.05) is 0 Å². The third-order valence-corrected chi connectivity index (χ3v) is 4.91. The topological polar surface area (TPSA) is 77.2 Å². The van der Waals surface area contributed by atoms with Crippen molar-refractivity contribution in [2.24, 2.45) is 0 Å². The second-order valence-electron chi connectivity index (χ2n) is 8.67. The summed E-state index contributed by atoms with van der Waals surface area (Å²) < 4.78 is 5.45. The molecule has 0 bridgehead atoms. The number of benzene rings is 2. The van der Waals surface area contributed by atoms with Crippen LogP contribution < -0.4 is 4.74 Å². The van der Waals surface area contributed by atoms with E-state index in [0.29, 0.717) is 22.6 Å². The van der Waals surface area contributed by atoms with Crippen LogP contribution in [0, 0.1) is 0 Å². The number of ether oxygens (including phenoxy) is 1. The van der Waals surface area contributed by atoms with Gasteiger partial charge in [0.05, 0.1) is 0 Å². The summed E-state index contributed by atoms with van der Waals surface area (Å²) in [4.78, 5) is 13.4. The molecule has 0 aliphatic carbocycles. The van der Waals surface area contributed by atoms with Crippen molar-refractivity contribution in [2.45, 2.75) is 59.3 Å². The highest BCUT2D eigenvalue weighted by molar-refractivity contribution is 5.89. The highest BCUT2D eigenvalue weighted by atomic mass is 16.5. The molecule has 0 aliphatic rings. The first-order chi connectivity index (χ1) is 14.1. The lowest BCUT2D eigenvalue weighted by Crippen LogP contribution is -2.15. The van der Waals surface area contributed by atoms with Gasteiger partial charge in [-0.2, -0.15) is 0 Å². The van der Waals surface area contributed by atoms with Gasteiger partial charge in [0.1, 0.15) is 28.2 Å². The molecule has 1 heterocycles. The summed E-state index contributed by atoms with van der Waals surface area (Å²) in [6.45, 7) is 13.3. The number of unbranched alkanes of at least 4 members (excludes halogenated alkanes) is 1. The standard InChI is InChI=1S/C24H29N3O3/c1-7-8-9-16-10-11-19-20(12-16)26-27(25-19)21-14-17(30-23(29)15(2)3)13-18(22(21)28)24(4,5)6/h10-14,28H,2,7-9H2,1,3-6H3. The molecule has 30 heavy (non-hydrogen) atoms. The Morgan fingerprint density at radius 3 is 2.50 bits per heavy atom. The molecule has 1 aromatic heterocycles. The molecule has 6 heteroatoms. The number of aromatic hydroxyl groups is 1. The highest BCUT2D eigenvalue weighted by Gasteiger charge is 2.24. The van der Waals surface area contributed by atoms with E-state index < -0.39 is 5.97 Å². The van der Waals surface area contributed by atoms with E-state index in [0.717, 1.165) is 30.3 Å². The van der Waals surface area contributed by atoms with Crippen LogP contribution in [0.15, 0.2) is 42.5 Å². The average molecular weight is 408 g/mol. The molecule has 0 amide bonds.